The van der Waals surface area contributed by atoms with Gasteiger partial charge in [0.15, 0.2) is 0 Å². The van der Waals surface area contributed by atoms with Gasteiger partial charge in [-0.05, 0) is 6.07 Å². The summed E-state index contributed by atoms with van der Waals surface area (Å²) >= 11 is 19.1. The molecule has 0 saturated carbocycles. The van der Waals surface area contributed by atoms with E-state index in [0.29, 0.717) is 37.7 Å². The molecule has 0 bridgehead atoms. The SMILES string of the molecule is Clc1cc(Nc2c(Cl)cc(Cl)c3nsnc23)ncn1. The molecule has 0 aliphatic carbocycles. The quantitative estimate of drug-likeness (QED) is 0.713. The standard InChI is InChI=1S/C10H4Cl3N5S/c11-4-1-5(12)9-10(18-19-17-9)8(4)16-7-2-6(13)14-3-15-7/h1-3H,(H,14,15,16). The average molecular weight is 333 g/mol. The van der Waals surface area contributed by atoms with Crippen molar-refractivity contribution in [2.45, 2.75) is 0 Å². The van der Waals surface area contributed by atoms with Crippen molar-refractivity contribution in [2.75, 3.05) is 5.32 Å². The minimum atomic E-state index is 0.329. The molecule has 9 heteroatoms. The Morgan fingerprint density at radius 2 is 1.74 bits per heavy atom. The first-order valence-corrected chi connectivity index (χ1v) is 6.86. The lowest BCUT2D eigenvalue weighted by molar-refractivity contribution is 1.17. The van der Waals surface area contributed by atoms with Crippen molar-refractivity contribution < 1.29 is 0 Å². The smallest absolute Gasteiger partial charge is 0.135 e. The highest BCUT2D eigenvalue weighted by atomic mass is 35.5. The Morgan fingerprint density at radius 1 is 0.947 bits per heavy atom. The van der Waals surface area contributed by atoms with Gasteiger partial charge >= 0.3 is 0 Å². The Hall–Kier alpha value is -1.21. The third-order valence-electron chi connectivity index (χ3n) is 2.33. The highest BCUT2D eigenvalue weighted by Crippen LogP contribution is 2.36. The van der Waals surface area contributed by atoms with Crippen LogP contribution in [0.15, 0.2) is 18.5 Å². The second-order valence-electron chi connectivity index (χ2n) is 3.53. The van der Waals surface area contributed by atoms with Gasteiger partial charge in [0, 0.05) is 6.07 Å². The summed E-state index contributed by atoms with van der Waals surface area (Å²) in [4.78, 5) is 7.85. The van der Waals surface area contributed by atoms with E-state index >= 15 is 0 Å². The summed E-state index contributed by atoms with van der Waals surface area (Å²) in [6.07, 6.45) is 1.35. The predicted molar refractivity (Wildman–Crippen MR) is 77.8 cm³/mol. The second kappa shape index (κ2) is 5.05. The van der Waals surface area contributed by atoms with Crippen LogP contribution >= 0.6 is 46.5 Å². The zero-order valence-electron chi connectivity index (χ0n) is 9.06. The molecule has 0 atom stereocenters. The van der Waals surface area contributed by atoms with Crippen LogP contribution in [-0.2, 0) is 0 Å². The van der Waals surface area contributed by atoms with E-state index < -0.39 is 0 Å². The molecule has 0 radical (unpaired) electrons. The number of aromatic nitrogens is 4. The van der Waals surface area contributed by atoms with Crippen molar-refractivity contribution in [1.82, 2.24) is 18.7 Å². The van der Waals surface area contributed by atoms with Crippen LogP contribution in [-0.4, -0.2) is 18.7 Å². The van der Waals surface area contributed by atoms with Gasteiger partial charge in [-0.3, -0.25) is 0 Å². The molecular weight excluding hydrogens is 329 g/mol. The summed E-state index contributed by atoms with van der Waals surface area (Å²) in [7, 11) is 0. The number of hydrogen-bond donors (Lipinski definition) is 1. The molecule has 5 nitrogen and oxygen atoms in total. The molecule has 2 heterocycles. The molecule has 0 aliphatic rings. The number of fused-ring (bicyclic) bond motifs is 1. The first-order valence-electron chi connectivity index (χ1n) is 5.00. The third-order valence-corrected chi connectivity index (χ3v) is 3.65. The van der Waals surface area contributed by atoms with Gasteiger partial charge in [-0.2, -0.15) is 8.75 Å². The first-order chi connectivity index (χ1) is 9.15. The lowest BCUT2D eigenvalue weighted by Gasteiger charge is -2.08. The van der Waals surface area contributed by atoms with Crippen molar-refractivity contribution in [3.05, 3.63) is 33.7 Å². The van der Waals surface area contributed by atoms with Crippen molar-refractivity contribution in [2.24, 2.45) is 0 Å². The van der Waals surface area contributed by atoms with Gasteiger partial charge in [0.1, 0.15) is 28.3 Å². The minimum Gasteiger partial charge on any atom is -0.337 e. The summed E-state index contributed by atoms with van der Waals surface area (Å²) in [6.45, 7) is 0. The van der Waals surface area contributed by atoms with E-state index in [9.17, 15) is 0 Å². The van der Waals surface area contributed by atoms with E-state index in [1.165, 1.54) is 6.33 Å². The van der Waals surface area contributed by atoms with Crippen LogP contribution in [0.2, 0.25) is 15.2 Å². The minimum absolute atomic E-state index is 0.329. The normalized spacial score (nSPS) is 10.9. The topological polar surface area (TPSA) is 63.6 Å². The monoisotopic (exact) mass is 331 g/mol. The van der Waals surface area contributed by atoms with Gasteiger partial charge in [0.05, 0.1) is 27.5 Å². The van der Waals surface area contributed by atoms with E-state index in [4.69, 9.17) is 34.8 Å². The van der Waals surface area contributed by atoms with E-state index in [1.54, 1.807) is 12.1 Å². The molecule has 3 rings (SSSR count). The van der Waals surface area contributed by atoms with Crippen molar-refractivity contribution >= 4 is 69.1 Å². The van der Waals surface area contributed by atoms with Crippen LogP contribution in [0.3, 0.4) is 0 Å². The molecule has 3 aromatic rings. The highest BCUT2D eigenvalue weighted by molar-refractivity contribution is 7.00. The van der Waals surface area contributed by atoms with Gasteiger partial charge < -0.3 is 5.32 Å². The molecule has 1 N–H and O–H groups in total. The Balaban J connectivity index is 2.12. The molecule has 1 aromatic carbocycles. The Kier molecular flexibility index (Phi) is 3.40. The molecule has 0 fully saturated rings. The molecular formula is C10H4Cl3N5S. The fourth-order valence-electron chi connectivity index (χ4n) is 1.52. The fourth-order valence-corrected chi connectivity index (χ4v) is 2.83. The van der Waals surface area contributed by atoms with Gasteiger partial charge in [0.2, 0.25) is 0 Å². The molecule has 0 aliphatic heterocycles. The number of nitrogens with one attached hydrogen (secondary N) is 1. The van der Waals surface area contributed by atoms with E-state index in [0.717, 1.165) is 11.7 Å². The van der Waals surface area contributed by atoms with Crippen molar-refractivity contribution in [3.8, 4) is 0 Å². The van der Waals surface area contributed by atoms with Crippen LogP contribution in [0.25, 0.3) is 11.0 Å². The predicted octanol–water partition coefficient (Wildman–Crippen LogP) is 4.19. The number of anilines is 2. The summed E-state index contributed by atoms with van der Waals surface area (Å²) in [5.41, 5.74) is 1.78. The molecule has 0 spiro atoms. The second-order valence-corrected chi connectivity index (χ2v) is 5.26. The number of hydrogen-bond acceptors (Lipinski definition) is 6. The van der Waals surface area contributed by atoms with Gasteiger partial charge in [-0.1, -0.05) is 34.8 Å². The number of halogens is 3. The van der Waals surface area contributed by atoms with E-state index in [1.807, 2.05) is 0 Å². The fraction of sp³-hybridized carbons (Fsp3) is 0. The number of benzene rings is 1. The maximum Gasteiger partial charge on any atom is 0.135 e. The Morgan fingerprint density at radius 3 is 2.53 bits per heavy atom. The zero-order valence-corrected chi connectivity index (χ0v) is 12.1. The van der Waals surface area contributed by atoms with E-state index in [-0.39, 0.29) is 0 Å². The largest absolute Gasteiger partial charge is 0.337 e. The number of rotatable bonds is 2. The maximum absolute atomic E-state index is 6.17. The Labute approximate surface area is 126 Å². The van der Waals surface area contributed by atoms with Gasteiger partial charge in [0.25, 0.3) is 0 Å². The molecule has 0 unspecified atom stereocenters. The highest BCUT2D eigenvalue weighted by Gasteiger charge is 2.14. The molecule has 0 amide bonds. The van der Waals surface area contributed by atoms with Gasteiger partial charge in [-0.15, -0.1) is 0 Å². The summed E-state index contributed by atoms with van der Waals surface area (Å²) in [5, 5.41) is 4.27. The Bertz CT molecular complexity index is 760. The van der Waals surface area contributed by atoms with Crippen molar-refractivity contribution in [3.63, 3.8) is 0 Å². The molecule has 2 aromatic heterocycles. The molecule has 96 valence electrons. The summed E-state index contributed by atoms with van der Waals surface area (Å²) in [5.74, 6) is 0.513. The van der Waals surface area contributed by atoms with E-state index in [2.05, 4.69) is 24.0 Å². The maximum atomic E-state index is 6.17. The van der Waals surface area contributed by atoms with Crippen LogP contribution in [0.4, 0.5) is 11.5 Å². The van der Waals surface area contributed by atoms with Crippen LogP contribution < -0.4 is 5.32 Å². The van der Waals surface area contributed by atoms with Crippen LogP contribution in [0, 0.1) is 0 Å². The average Bonchev–Trinajstić information content (AvgIpc) is 2.84. The lowest BCUT2D eigenvalue weighted by Crippen LogP contribution is -1.96. The zero-order chi connectivity index (χ0) is 13.4. The molecule has 19 heavy (non-hydrogen) atoms. The van der Waals surface area contributed by atoms with Crippen LogP contribution in [0.5, 0.6) is 0 Å². The third kappa shape index (κ3) is 2.44. The summed E-state index contributed by atoms with van der Waals surface area (Å²) < 4.78 is 8.30. The first kappa shape index (κ1) is 12.8. The lowest BCUT2D eigenvalue weighted by atomic mass is 10.2. The van der Waals surface area contributed by atoms with Crippen LogP contribution in [0.1, 0.15) is 0 Å². The molecule has 0 saturated heterocycles. The van der Waals surface area contributed by atoms with Gasteiger partial charge in [-0.25, -0.2) is 9.97 Å². The summed E-state index contributed by atoms with van der Waals surface area (Å²) in [6, 6.07) is 3.19. The van der Waals surface area contributed by atoms with Crippen molar-refractivity contribution in [1.29, 1.82) is 0 Å². The number of nitrogens with zero attached hydrogens (tertiary/aromatic N) is 4.